The molecule has 0 fully saturated rings. The molecule has 0 atom stereocenters. The van der Waals surface area contributed by atoms with E-state index >= 15 is 0 Å². The van der Waals surface area contributed by atoms with Gasteiger partial charge in [0.2, 0.25) is 0 Å². The van der Waals surface area contributed by atoms with Crippen LogP contribution in [0.2, 0.25) is 0 Å². The molecule has 0 saturated carbocycles. The van der Waals surface area contributed by atoms with E-state index in [2.05, 4.69) is 0 Å². The number of benzene rings is 2. The minimum Gasteiger partial charge on any atom is -0.497 e. The van der Waals surface area contributed by atoms with Gasteiger partial charge in [0, 0.05) is 0 Å². The molecule has 7 nitrogen and oxygen atoms in total. The summed E-state index contributed by atoms with van der Waals surface area (Å²) in [6.45, 7) is 6.03. The van der Waals surface area contributed by atoms with E-state index in [-0.39, 0.29) is 15.2 Å². The number of ether oxygens (including phenoxy) is 1. The molecule has 0 amide bonds. The van der Waals surface area contributed by atoms with Crippen LogP contribution in [0.4, 0.5) is 0 Å². The minimum absolute atomic E-state index is 0.0390. The number of rotatable bonds is 6. The van der Waals surface area contributed by atoms with Crippen molar-refractivity contribution >= 4 is 20.0 Å². The van der Waals surface area contributed by atoms with Crippen molar-refractivity contribution in [2.24, 2.45) is 0 Å². The molecule has 0 aromatic heterocycles. The van der Waals surface area contributed by atoms with Crippen molar-refractivity contribution in [2.45, 2.75) is 36.0 Å². The monoisotopic (exact) mass is 398 g/mol. The summed E-state index contributed by atoms with van der Waals surface area (Å²) in [4.78, 5) is 3.66. The van der Waals surface area contributed by atoms with Crippen LogP contribution in [0.5, 0.6) is 5.75 Å². The fourth-order valence-electron chi connectivity index (χ4n) is 2.12. The Morgan fingerprint density at radius 2 is 1.12 bits per heavy atom. The molecule has 0 unspecified atom stereocenters. The van der Waals surface area contributed by atoms with Crippen LogP contribution in [0.3, 0.4) is 0 Å². The third-order valence-corrected chi connectivity index (χ3v) is 6.37. The van der Waals surface area contributed by atoms with E-state index in [0.717, 1.165) is 5.56 Å². The van der Waals surface area contributed by atoms with Gasteiger partial charge in [-0.05, 0) is 47.4 Å². The lowest BCUT2D eigenvalue weighted by molar-refractivity contribution is 0.414. The van der Waals surface area contributed by atoms with E-state index in [0.29, 0.717) is 5.75 Å². The Balaban J connectivity index is 2.16. The maximum Gasteiger partial charge on any atom is 0.254 e. The minimum atomic E-state index is -4.05. The molecule has 142 valence electrons. The van der Waals surface area contributed by atoms with Gasteiger partial charge in [0.1, 0.15) is 5.75 Å². The second-order valence-electron chi connectivity index (χ2n) is 6.66. The topological polar surface area (TPSA) is 102 Å². The Bertz CT molecular complexity index is 959. The molecule has 2 N–H and O–H groups in total. The van der Waals surface area contributed by atoms with Crippen LogP contribution in [0, 0.1) is 0 Å². The third-order valence-electron chi connectivity index (χ3n) is 3.71. The first-order valence-electron chi connectivity index (χ1n) is 7.74. The van der Waals surface area contributed by atoms with E-state index in [9.17, 15) is 16.8 Å². The van der Waals surface area contributed by atoms with Crippen molar-refractivity contribution in [3.05, 3.63) is 54.1 Å². The Kier molecular flexibility index (Phi) is 5.76. The molecule has 26 heavy (non-hydrogen) atoms. The first-order chi connectivity index (χ1) is 12.0. The number of hydrogen-bond acceptors (Lipinski definition) is 5. The van der Waals surface area contributed by atoms with Gasteiger partial charge in [-0.15, -0.1) is 9.66 Å². The van der Waals surface area contributed by atoms with Gasteiger partial charge in [0.15, 0.2) is 0 Å². The fraction of sp³-hybridized carbons (Fsp3) is 0.294. The highest BCUT2D eigenvalue weighted by molar-refractivity contribution is 7.92. The highest BCUT2D eigenvalue weighted by Gasteiger charge is 2.21. The molecule has 0 radical (unpaired) electrons. The van der Waals surface area contributed by atoms with Crippen molar-refractivity contribution in [3.63, 3.8) is 0 Å². The Labute approximate surface area is 154 Å². The van der Waals surface area contributed by atoms with E-state index in [4.69, 9.17) is 4.74 Å². The molecule has 0 spiro atoms. The predicted molar refractivity (Wildman–Crippen MR) is 98.8 cm³/mol. The largest absolute Gasteiger partial charge is 0.497 e. The van der Waals surface area contributed by atoms with Gasteiger partial charge in [-0.1, -0.05) is 32.9 Å². The molecular formula is C17H22N2O5S2. The third kappa shape index (κ3) is 4.82. The zero-order valence-electron chi connectivity index (χ0n) is 15.0. The lowest BCUT2D eigenvalue weighted by Crippen LogP contribution is -2.41. The maximum atomic E-state index is 12.3. The van der Waals surface area contributed by atoms with Crippen LogP contribution >= 0.6 is 0 Å². The van der Waals surface area contributed by atoms with E-state index < -0.39 is 20.0 Å². The molecule has 2 aromatic carbocycles. The van der Waals surface area contributed by atoms with Gasteiger partial charge < -0.3 is 4.74 Å². The second kappa shape index (κ2) is 7.36. The summed E-state index contributed by atoms with van der Waals surface area (Å²) in [5.74, 6) is 0.489. The number of sulfonamides is 2. The smallest absolute Gasteiger partial charge is 0.254 e. The first kappa shape index (κ1) is 20.4. The van der Waals surface area contributed by atoms with E-state index in [1.165, 1.54) is 43.5 Å². The summed E-state index contributed by atoms with van der Waals surface area (Å²) in [5, 5.41) is 0. The quantitative estimate of drug-likeness (QED) is 0.726. The Morgan fingerprint density at radius 1 is 0.731 bits per heavy atom. The summed E-state index contributed by atoms with van der Waals surface area (Å²) < 4.78 is 54.0. The van der Waals surface area contributed by atoms with Crippen molar-refractivity contribution in [2.75, 3.05) is 7.11 Å². The number of hydrogen-bond donors (Lipinski definition) is 2. The van der Waals surface area contributed by atoms with Gasteiger partial charge in [0.25, 0.3) is 20.0 Å². The van der Waals surface area contributed by atoms with Gasteiger partial charge >= 0.3 is 0 Å². The van der Waals surface area contributed by atoms with Crippen LogP contribution in [-0.2, 0) is 25.5 Å². The molecule has 9 heteroatoms. The van der Waals surface area contributed by atoms with Gasteiger partial charge in [-0.25, -0.2) is 16.8 Å². The highest BCUT2D eigenvalue weighted by atomic mass is 32.2. The van der Waals surface area contributed by atoms with Crippen molar-refractivity contribution in [3.8, 4) is 5.75 Å². The summed E-state index contributed by atoms with van der Waals surface area (Å²) in [7, 11) is -6.64. The standard InChI is InChI=1S/C17H22N2O5S2/c1-17(2,3)13-5-9-15(10-6-13)25(20,21)18-19-26(22,23)16-11-7-14(24-4)8-12-16/h5-12,18-19H,1-4H3. The van der Waals surface area contributed by atoms with Crippen LogP contribution in [0.1, 0.15) is 26.3 Å². The molecule has 0 saturated heterocycles. The van der Waals surface area contributed by atoms with E-state index in [1.807, 2.05) is 30.4 Å². The molecule has 2 aromatic rings. The van der Waals surface area contributed by atoms with Gasteiger partial charge in [-0.2, -0.15) is 0 Å². The van der Waals surface area contributed by atoms with Gasteiger partial charge in [-0.3, -0.25) is 0 Å². The van der Waals surface area contributed by atoms with E-state index in [1.54, 1.807) is 12.1 Å². The highest BCUT2D eigenvalue weighted by Crippen LogP contribution is 2.23. The SMILES string of the molecule is COc1ccc(S(=O)(=O)NNS(=O)(=O)c2ccc(C(C)(C)C)cc2)cc1. The zero-order chi connectivity index (χ0) is 19.6. The maximum absolute atomic E-state index is 12.3. The summed E-state index contributed by atoms with van der Waals surface area (Å²) in [6.07, 6.45) is 0. The average Bonchev–Trinajstić information content (AvgIpc) is 2.60. The molecule has 0 bridgehead atoms. The molecule has 0 aliphatic carbocycles. The lowest BCUT2D eigenvalue weighted by atomic mass is 9.87. The fourth-order valence-corrected chi connectivity index (χ4v) is 4.22. The number of nitrogens with one attached hydrogen (secondary N) is 2. The lowest BCUT2D eigenvalue weighted by Gasteiger charge is -2.19. The normalized spacial score (nSPS) is 12.8. The van der Waals surface area contributed by atoms with Crippen molar-refractivity contribution in [1.29, 1.82) is 0 Å². The molecule has 2 rings (SSSR count). The summed E-state index contributed by atoms with van der Waals surface area (Å²) in [6, 6.07) is 11.8. The summed E-state index contributed by atoms with van der Waals surface area (Å²) >= 11 is 0. The van der Waals surface area contributed by atoms with Crippen LogP contribution < -0.4 is 14.4 Å². The average molecular weight is 399 g/mol. The molecule has 0 aliphatic rings. The molecular weight excluding hydrogens is 376 g/mol. The second-order valence-corrected chi connectivity index (χ2v) is 10.0. The van der Waals surface area contributed by atoms with Crippen LogP contribution in [-0.4, -0.2) is 23.9 Å². The van der Waals surface area contributed by atoms with Crippen LogP contribution in [0.15, 0.2) is 58.3 Å². The first-order valence-corrected chi connectivity index (χ1v) is 10.7. The predicted octanol–water partition coefficient (Wildman–Crippen LogP) is 2.16. The zero-order valence-corrected chi connectivity index (χ0v) is 16.6. The molecule has 0 aliphatic heterocycles. The van der Waals surface area contributed by atoms with Crippen molar-refractivity contribution in [1.82, 2.24) is 9.66 Å². The van der Waals surface area contributed by atoms with Crippen molar-refractivity contribution < 1.29 is 21.6 Å². The van der Waals surface area contributed by atoms with Gasteiger partial charge in [0.05, 0.1) is 16.9 Å². The summed E-state index contributed by atoms with van der Waals surface area (Å²) in [5.41, 5.74) is 0.848. The van der Waals surface area contributed by atoms with Crippen LogP contribution in [0.25, 0.3) is 0 Å². The number of hydrazine groups is 1. The Hall–Kier alpha value is -1.94. The molecule has 0 heterocycles. The number of methoxy groups -OCH3 is 1. The Morgan fingerprint density at radius 3 is 1.46 bits per heavy atom.